The van der Waals surface area contributed by atoms with Crippen LogP contribution in [0.15, 0.2) is 0 Å². The number of ether oxygens (including phenoxy) is 1. The topological polar surface area (TPSA) is 29.5 Å². The van der Waals surface area contributed by atoms with Gasteiger partial charge in [-0.25, -0.2) is 0 Å². The van der Waals surface area contributed by atoms with E-state index in [1.807, 2.05) is 13.8 Å². The van der Waals surface area contributed by atoms with Crippen LogP contribution in [0.1, 0.15) is 59.8 Å². The molecule has 2 nitrogen and oxygen atoms in total. The number of hydrogen-bond acceptors (Lipinski definition) is 2. The average Bonchev–Trinajstić information content (AvgIpc) is 2.21. The van der Waals surface area contributed by atoms with Crippen LogP contribution in [0.5, 0.6) is 0 Å². The van der Waals surface area contributed by atoms with Gasteiger partial charge in [0.05, 0.1) is 12.2 Å². The SMILES string of the molecule is CCCCC(CC)CC(C)(O)COCC. The molecule has 2 unspecified atom stereocenters. The Labute approximate surface area is 95.0 Å². The van der Waals surface area contributed by atoms with E-state index in [0.29, 0.717) is 19.1 Å². The normalized spacial score (nSPS) is 17.4. The molecule has 0 fully saturated rings. The second kappa shape index (κ2) is 8.12. The molecule has 0 spiro atoms. The van der Waals surface area contributed by atoms with Crippen LogP contribution >= 0.6 is 0 Å². The maximum absolute atomic E-state index is 10.1. The van der Waals surface area contributed by atoms with Gasteiger partial charge in [0.15, 0.2) is 0 Å². The third kappa shape index (κ3) is 7.80. The van der Waals surface area contributed by atoms with Gasteiger partial charge >= 0.3 is 0 Å². The second-order valence-electron chi connectivity index (χ2n) is 4.75. The molecule has 0 aromatic heterocycles. The van der Waals surface area contributed by atoms with Crippen LogP contribution in [0, 0.1) is 5.92 Å². The lowest BCUT2D eigenvalue weighted by Gasteiger charge is -2.27. The van der Waals surface area contributed by atoms with Gasteiger partial charge in [0, 0.05) is 6.61 Å². The predicted octanol–water partition coefficient (Wildman–Crippen LogP) is 3.38. The second-order valence-corrected chi connectivity index (χ2v) is 4.75. The first-order valence-electron chi connectivity index (χ1n) is 6.35. The molecule has 2 atom stereocenters. The lowest BCUT2D eigenvalue weighted by atomic mass is 9.87. The molecule has 1 N–H and O–H groups in total. The number of unbranched alkanes of at least 4 members (excludes halogenated alkanes) is 1. The molecule has 0 aliphatic carbocycles. The summed E-state index contributed by atoms with van der Waals surface area (Å²) in [4.78, 5) is 0. The summed E-state index contributed by atoms with van der Waals surface area (Å²) in [5, 5.41) is 10.1. The van der Waals surface area contributed by atoms with Gasteiger partial charge in [-0.2, -0.15) is 0 Å². The molecule has 0 saturated heterocycles. The summed E-state index contributed by atoms with van der Waals surface area (Å²) in [6.45, 7) is 9.41. The molecule has 92 valence electrons. The van der Waals surface area contributed by atoms with E-state index in [-0.39, 0.29) is 0 Å². The summed E-state index contributed by atoms with van der Waals surface area (Å²) in [7, 11) is 0. The highest BCUT2D eigenvalue weighted by Crippen LogP contribution is 2.24. The smallest absolute Gasteiger partial charge is 0.0854 e. The zero-order valence-electron chi connectivity index (χ0n) is 10.9. The molecule has 0 aliphatic heterocycles. The molecular formula is C13H28O2. The molecule has 0 saturated carbocycles. The Kier molecular flexibility index (Phi) is 8.07. The van der Waals surface area contributed by atoms with Crippen molar-refractivity contribution >= 4 is 0 Å². The van der Waals surface area contributed by atoms with Crippen molar-refractivity contribution in [2.24, 2.45) is 5.92 Å². The Balaban J connectivity index is 3.90. The van der Waals surface area contributed by atoms with Gasteiger partial charge in [0.2, 0.25) is 0 Å². The monoisotopic (exact) mass is 216 g/mol. The zero-order valence-corrected chi connectivity index (χ0v) is 10.9. The van der Waals surface area contributed by atoms with E-state index in [2.05, 4.69) is 13.8 Å². The Morgan fingerprint density at radius 3 is 2.40 bits per heavy atom. The van der Waals surface area contributed by atoms with Gasteiger partial charge in [0.25, 0.3) is 0 Å². The standard InChI is InChI=1S/C13H28O2/c1-5-8-9-12(6-2)10-13(4,14)11-15-7-3/h12,14H,5-11H2,1-4H3. The summed E-state index contributed by atoms with van der Waals surface area (Å²) < 4.78 is 5.30. The van der Waals surface area contributed by atoms with Gasteiger partial charge in [-0.15, -0.1) is 0 Å². The molecule has 0 heterocycles. The van der Waals surface area contributed by atoms with Gasteiger partial charge < -0.3 is 9.84 Å². The van der Waals surface area contributed by atoms with Gasteiger partial charge in [0.1, 0.15) is 0 Å². The van der Waals surface area contributed by atoms with Crippen molar-refractivity contribution in [2.75, 3.05) is 13.2 Å². The molecule has 0 aromatic carbocycles. The van der Waals surface area contributed by atoms with Crippen molar-refractivity contribution in [3.05, 3.63) is 0 Å². The molecule has 0 aromatic rings. The quantitative estimate of drug-likeness (QED) is 0.640. The van der Waals surface area contributed by atoms with E-state index < -0.39 is 5.60 Å². The van der Waals surface area contributed by atoms with Crippen LogP contribution in [0.3, 0.4) is 0 Å². The van der Waals surface area contributed by atoms with Gasteiger partial charge in [-0.3, -0.25) is 0 Å². The molecule has 0 radical (unpaired) electrons. The molecule has 0 bridgehead atoms. The third-order valence-electron chi connectivity index (χ3n) is 2.89. The highest BCUT2D eigenvalue weighted by Gasteiger charge is 2.24. The summed E-state index contributed by atoms with van der Waals surface area (Å²) in [5.41, 5.74) is -0.648. The third-order valence-corrected chi connectivity index (χ3v) is 2.89. The van der Waals surface area contributed by atoms with Gasteiger partial charge in [-0.1, -0.05) is 39.5 Å². The van der Waals surface area contributed by atoms with Crippen molar-refractivity contribution in [1.29, 1.82) is 0 Å². The summed E-state index contributed by atoms with van der Waals surface area (Å²) >= 11 is 0. The fraction of sp³-hybridized carbons (Fsp3) is 1.00. The van der Waals surface area contributed by atoms with Crippen LogP contribution in [-0.4, -0.2) is 23.9 Å². The highest BCUT2D eigenvalue weighted by molar-refractivity contribution is 4.76. The van der Waals surface area contributed by atoms with E-state index in [1.54, 1.807) is 0 Å². The number of rotatable bonds is 9. The van der Waals surface area contributed by atoms with Crippen molar-refractivity contribution in [2.45, 2.75) is 65.4 Å². The Morgan fingerprint density at radius 1 is 1.27 bits per heavy atom. The van der Waals surface area contributed by atoms with E-state index in [9.17, 15) is 5.11 Å². The lowest BCUT2D eigenvalue weighted by molar-refractivity contribution is -0.0463. The minimum atomic E-state index is -0.648. The number of hydrogen-bond donors (Lipinski definition) is 1. The van der Waals surface area contributed by atoms with E-state index in [1.165, 1.54) is 19.3 Å². The van der Waals surface area contributed by atoms with Crippen LogP contribution in [-0.2, 0) is 4.74 Å². The fourth-order valence-corrected chi connectivity index (χ4v) is 1.95. The van der Waals surface area contributed by atoms with Crippen molar-refractivity contribution < 1.29 is 9.84 Å². The molecular weight excluding hydrogens is 188 g/mol. The van der Waals surface area contributed by atoms with Gasteiger partial charge in [-0.05, 0) is 26.2 Å². The van der Waals surface area contributed by atoms with Crippen LogP contribution in [0.4, 0.5) is 0 Å². The minimum absolute atomic E-state index is 0.464. The molecule has 0 amide bonds. The average molecular weight is 216 g/mol. The Morgan fingerprint density at radius 2 is 1.93 bits per heavy atom. The number of aliphatic hydroxyl groups is 1. The molecule has 2 heteroatoms. The van der Waals surface area contributed by atoms with Crippen molar-refractivity contribution in [1.82, 2.24) is 0 Å². The first kappa shape index (κ1) is 14.9. The zero-order chi connectivity index (χ0) is 11.7. The van der Waals surface area contributed by atoms with Crippen LogP contribution in [0.25, 0.3) is 0 Å². The van der Waals surface area contributed by atoms with E-state index in [0.717, 1.165) is 12.8 Å². The summed E-state index contributed by atoms with van der Waals surface area (Å²) in [6, 6.07) is 0. The molecule has 0 rings (SSSR count). The first-order valence-corrected chi connectivity index (χ1v) is 6.35. The highest BCUT2D eigenvalue weighted by atomic mass is 16.5. The Hall–Kier alpha value is -0.0800. The van der Waals surface area contributed by atoms with Crippen LogP contribution < -0.4 is 0 Å². The first-order chi connectivity index (χ1) is 7.05. The maximum atomic E-state index is 10.1. The van der Waals surface area contributed by atoms with E-state index >= 15 is 0 Å². The fourth-order valence-electron chi connectivity index (χ4n) is 1.95. The van der Waals surface area contributed by atoms with Crippen molar-refractivity contribution in [3.63, 3.8) is 0 Å². The maximum Gasteiger partial charge on any atom is 0.0854 e. The summed E-state index contributed by atoms with van der Waals surface area (Å²) in [6.07, 6.45) is 5.76. The van der Waals surface area contributed by atoms with Crippen LogP contribution in [0.2, 0.25) is 0 Å². The summed E-state index contributed by atoms with van der Waals surface area (Å²) in [5.74, 6) is 0.639. The van der Waals surface area contributed by atoms with Crippen molar-refractivity contribution in [3.8, 4) is 0 Å². The Bertz CT molecular complexity index is 143. The molecule has 0 aliphatic rings. The predicted molar refractivity (Wildman–Crippen MR) is 65.0 cm³/mol. The minimum Gasteiger partial charge on any atom is -0.388 e. The lowest BCUT2D eigenvalue weighted by Crippen LogP contribution is -2.33. The largest absolute Gasteiger partial charge is 0.388 e. The van der Waals surface area contributed by atoms with E-state index in [4.69, 9.17) is 4.74 Å². The molecule has 15 heavy (non-hydrogen) atoms.